The van der Waals surface area contributed by atoms with E-state index in [2.05, 4.69) is 0 Å². The van der Waals surface area contributed by atoms with Gasteiger partial charge in [-0.05, 0) is 37.0 Å². The summed E-state index contributed by atoms with van der Waals surface area (Å²) in [5.74, 6) is 2.03. The van der Waals surface area contributed by atoms with Gasteiger partial charge in [0.2, 0.25) is 5.91 Å². The van der Waals surface area contributed by atoms with E-state index in [-0.39, 0.29) is 19.0 Å². The van der Waals surface area contributed by atoms with Gasteiger partial charge in [-0.25, -0.2) is 0 Å². The van der Waals surface area contributed by atoms with Gasteiger partial charge in [0, 0.05) is 6.42 Å². The van der Waals surface area contributed by atoms with Gasteiger partial charge in [0.05, 0.1) is 12.1 Å². The lowest BCUT2D eigenvalue weighted by molar-refractivity contribution is -0.131. The van der Waals surface area contributed by atoms with E-state index in [0.717, 1.165) is 11.8 Å². The predicted octanol–water partition coefficient (Wildman–Crippen LogP) is 1.69. The molecule has 0 aromatic heterocycles. The number of carbonyl (C=O) groups is 1. The highest BCUT2D eigenvalue weighted by Crippen LogP contribution is 2.49. The normalized spacial score (nSPS) is 29.6. The van der Waals surface area contributed by atoms with Crippen molar-refractivity contribution < 1.29 is 4.79 Å². The molecule has 2 rings (SSSR count). The van der Waals surface area contributed by atoms with Crippen LogP contribution in [-0.4, -0.2) is 23.9 Å². The molecule has 4 heteroatoms. The van der Waals surface area contributed by atoms with Crippen LogP contribution in [0.1, 0.15) is 32.1 Å². The smallest absolute Gasteiger partial charge is 0.224 e. The highest BCUT2D eigenvalue weighted by atomic mass is 16.2. The fraction of sp³-hybridized carbons (Fsp3) is 0.769. The lowest BCUT2D eigenvalue weighted by Gasteiger charge is -2.24. The molecule has 2 aliphatic rings. The molecule has 3 atom stereocenters. The fourth-order valence-electron chi connectivity index (χ4n) is 3.38. The van der Waals surface area contributed by atoms with Gasteiger partial charge in [0.25, 0.3) is 0 Å². The molecule has 17 heavy (non-hydrogen) atoms. The van der Waals surface area contributed by atoms with E-state index >= 15 is 0 Å². The summed E-state index contributed by atoms with van der Waals surface area (Å²) in [5.41, 5.74) is 0. The third kappa shape index (κ3) is 2.58. The Labute approximate surface area is 102 Å². The van der Waals surface area contributed by atoms with Crippen molar-refractivity contribution in [3.05, 3.63) is 0 Å². The minimum Gasteiger partial charge on any atom is -0.316 e. The maximum absolute atomic E-state index is 12.0. The van der Waals surface area contributed by atoms with Crippen molar-refractivity contribution in [3.8, 4) is 12.1 Å². The molecule has 2 aliphatic carbocycles. The summed E-state index contributed by atoms with van der Waals surface area (Å²) in [7, 11) is 0. The number of hydrogen-bond donors (Lipinski definition) is 0. The first-order valence-corrected chi connectivity index (χ1v) is 6.26. The minimum atomic E-state index is -0.0225. The van der Waals surface area contributed by atoms with E-state index in [1.165, 1.54) is 30.6 Å². The van der Waals surface area contributed by atoms with Crippen molar-refractivity contribution >= 4 is 5.91 Å². The Morgan fingerprint density at radius 3 is 2.35 bits per heavy atom. The second kappa shape index (κ2) is 5.19. The summed E-state index contributed by atoms with van der Waals surface area (Å²) in [6.45, 7) is 0.0699. The molecule has 4 nitrogen and oxygen atoms in total. The maximum atomic E-state index is 12.0. The number of hydrogen-bond acceptors (Lipinski definition) is 3. The SMILES string of the molecule is N#CCN(CC#N)C(=O)CC1CC2CCC1C2. The Bertz CT molecular complexity index is 363. The van der Waals surface area contributed by atoms with Gasteiger partial charge in [0.15, 0.2) is 0 Å². The number of nitrogens with zero attached hydrogens (tertiary/aromatic N) is 3. The first-order chi connectivity index (χ1) is 8.24. The zero-order valence-corrected chi connectivity index (χ0v) is 9.93. The summed E-state index contributed by atoms with van der Waals surface area (Å²) >= 11 is 0. The van der Waals surface area contributed by atoms with Crippen molar-refractivity contribution in [2.24, 2.45) is 17.8 Å². The average Bonchev–Trinajstić information content (AvgIpc) is 2.90. The van der Waals surface area contributed by atoms with E-state index in [1.54, 1.807) is 0 Å². The van der Waals surface area contributed by atoms with Gasteiger partial charge in [-0.1, -0.05) is 6.42 Å². The van der Waals surface area contributed by atoms with Crippen molar-refractivity contribution in [3.63, 3.8) is 0 Å². The molecule has 0 saturated heterocycles. The van der Waals surface area contributed by atoms with Crippen LogP contribution in [0.2, 0.25) is 0 Å². The molecule has 90 valence electrons. The molecule has 2 fully saturated rings. The Morgan fingerprint density at radius 1 is 1.18 bits per heavy atom. The van der Waals surface area contributed by atoms with Gasteiger partial charge >= 0.3 is 0 Å². The molecule has 0 heterocycles. The van der Waals surface area contributed by atoms with Crippen molar-refractivity contribution in [1.29, 1.82) is 10.5 Å². The van der Waals surface area contributed by atoms with Gasteiger partial charge < -0.3 is 4.90 Å². The van der Waals surface area contributed by atoms with Gasteiger partial charge in [-0.3, -0.25) is 4.79 Å². The second-order valence-corrected chi connectivity index (χ2v) is 5.21. The quantitative estimate of drug-likeness (QED) is 0.691. The number of nitriles is 2. The van der Waals surface area contributed by atoms with Gasteiger partial charge in [-0.2, -0.15) is 10.5 Å². The standard InChI is InChI=1S/C13H17N3O/c14-3-5-16(6-4-15)13(17)9-12-8-10-1-2-11(12)7-10/h10-12H,1-2,5-9H2. The number of carbonyl (C=O) groups excluding carboxylic acids is 1. The minimum absolute atomic E-state index is 0.0225. The monoisotopic (exact) mass is 231 g/mol. The zero-order chi connectivity index (χ0) is 12.3. The predicted molar refractivity (Wildman–Crippen MR) is 61.4 cm³/mol. The third-order valence-corrected chi connectivity index (χ3v) is 4.20. The zero-order valence-electron chi connectivity index (χ0n) is 9.93. The molecule has 0 aromatic carbocycles. The van der Waals surface area contributed by atoms with Crippen LogP contribution in [0.3, 0.4) is 0 Å². The van der Waals surface area contributed by atoms with Crippen LogP contribution in [0.5, 0.6) is 0 Å². The lowest BCUT2D eigenvalue weighted by atomic mass is 9.86. The Kier molecular flexibility index (Phi) is 3.64. The van der Waals surface area contributed by atoms with Crippen molar-refractivity contribution in [2.75, 3.05) is 13.1 Å². The molecule has 0 aliphatic heterocycles. The van der Waals surface area contributed by atoms with Crippen LogP contribution in [0.4, 0.5) is 0 Å². The molecular formula is C13H17N3O. The summed E-state index contributed by atoms with van der Waals surface area (Å²) in [6, 6.07) is 3.89. The van der Waals surface area contributed by atoms with E-state index in [0.29, 0.717) is 12.3 Å². The van der Waals surface area contributed by atoms with E-state index in [1.807, 2.05) is 12.1 Å². The first kappa shape index (κ1) is 11.9. The highest BCUT2D eigenvalue weighted by Gasteiger charge is 2.40. The summed E-state index contributed by atoms with van der Waals surface area (Å²) in [5, 5.41) is 17.2. The Balaban J connectivity index is 1.87. The molecule has 2 saturated carbocycles. The second-order valence-electron chi connectivity index (χ2n) is 5.21. The molecule has 0 spiro atoms. The highest BCUT2D eigenvalue weighted by molar-refractivity contribution is 5.77. The Hall–Kier alpha value is -1.55. The van der Waals surface area contributed by atoms with Gasteiger partial charge in [-0.15, -0.1) is 0 Å². The molecule has 0 N–H and O–H groups in total. The maximum Gasteiger partial charge on any atom is 0.224 e. The first-order valence-electron chi connectivity index (χ1n) is 6.26. The number of rotatable bonds is 4. The van der Waals surface area contributed by atoms with Crippen LogP contribution in [0, 0.1) is 40.4 Å². The largest absolute Gasteiger partial charge is 0.316 e. The summed E-state index contributed by atoms with van der Waals surface area (Å²) < 4.78 is 0. The van der Waals surface area contributed by atoms with Crippen LogP contribution in [0.15, 0.2) is 0 Å². The molecule has 1 amide bonds. The van der Waals surface area contributed by atoms with Gasteiger partial charge in [0.1, 0.15) is 13.1 Å². The molecule has 2 bridgehead atoms. The molecular weight excluding hydrogens is 214 g/mol. The van der Waals surface area contributed by atoms with Crippen LogP contribution < -0.4 is 0 Å². The van der Waals surface area contributed by atoms with Crippen molar-refractivity contribution in [2.45, 2.75) is 32.1 Å². The van der Waals surface area contributed by atoms with E-state index < -0.39 is 0 Å². The Morgan fingerprint density at radius 2 is 1.88 bits per heavy atom. The summed E-state index contributed by atoms with van der Waals surface area (Å²) in [6.07, 6.45) is 5.58. The van der Waals surface area contributed by atoms with E-state index in [4.69, 9.17) is 10.5 Å². The van der Waals surface area contributed by atoms with Crippen molar-refractivity contribution in [1.82, 2.24) is 4.90 Å². The fourth-order valence-corrected chi connectivity index (χ4v) is 3.38. The van der Waals surface area contributed by atoms with Crippen LogP contribution in [-0.2, 0) is 4.79 Å². The van der Waals surface area contributed by atoms with Crippen LogP contribution >= 0.6 is 0 Å². The summed E-state index contributed by atoms with van der Waals surface area (Å²) in [4.78, 5) is 13.3. The third-order valence-electron chi connectivity index (χ3n) is 4.20. The van der Waals surface area contributed by atoms with Crippen LogP contribution in [0.25, 0.3) is 0 Å². The number of amides is 1. The van der Waals surface area contributed by atoms with E-state index in [9.17, 15) is 4.79 Å². The number of fused-ring (bicyclic) bond motifs is 2. The molecule has 3 unspecified atom stereocenters. The molecule has 0 radical (unpaired) electrons. The molecule has 0 aromatic rings. The topological polar surface area (TPSA) is 67.9 Å². The average molecular weight is 231 g/mol. The lowest BCUT2D eigenvalue weighted by Crippen LogP contribution is -2.33.